The zero-order valence-electron chi connectivity index (χ0n) is 24.3. The Hall–Kier alpha value is -5.08. The maximum atomic E-state index is 6.78. The molecule has 2 nitrogen and oxygen atoms in total. The molecule has 0 amide bonds. The van der Waals surface area contributed by atoms with E-state index in [1.54, 1.807) is 0 Å². The monoisotopic (exact) mass is 610 g/mol. The third kappa shape index (κ3) is 3.95. The SMILES string of the molecule is S=P(c1ccccc1)(c1ccccc1)c1cccc2c(-c3ccc4c(c3)c3ccccc3n3c5ccccc5nc43)cccc12. The Morgan fingerprint density at radius 2 is 1.09 bits per heavy atom. The van der Waals surface area contributed by atoms with Crippen LogP contribution in [-0.2, 0) is 11.8 Å². The molecule has 9 aromatic rings. The van der Waals surface area contributed by atoms with Gasteiger partial charge in [-0.3, -0.25) is 4.40 Å². The van der Waals surface area contributed by atoms with Gasteiger partial charge in [0.1, 0.15) is 5.65 Å². The third-order valence-corrected chi connectivity index (χ3v) is 14.0. The number of hydrogen-bond donors (Lipinski definition) is 0. The van der Waals surface area contributed by atoms with Crippen molar-refractivity contribution in [2.75, 3.05) is 0 Å². The van der Waals surface area contributed by atoms with Crippen molar-refractivity contribution in [2.45, 2.75) is 0 Å². The summed E-state index contributed by atoms with van der Waals surface area (Å²) >= 11 is 6.78. The van der Waals surface area contributed by atoms with E-state index in [-0.39, 0.29) is 0 Å². The van der Waals surface area contributed by atoms with Gasteiger partial charge in [0.2, 0.25) is 0 Å². The van der Waals surface area contributed by atoms with Gasteiger partial charge < -0.3 is 0 Å². The molecule has 0 saturated heterocycles. The number of para-hydroxylation sites is 3. The van der Waals surface area contributed by atoms with E-state index in [1.807, 2.05) is 0 Å². The van der Waals surface area contributed by atoms with Gasteiger partial charge in [-0.15, -0.1) is 0 Å². The van der Waals surface area contributed by atoms with Crippen LogP contribution in [0.25, 0.3) is 60.3 Å². The van der Waals surface area contributed by atoms with Gasteiger partial charge >= 0.3 is 0 Å². The highest BCUT2D eigenvalue weighted by Gasteiger charge is 2.27. The topological polar surface area (TPSA) is 17.3 Å². The molecule has 0 saturated carbocycles. The fourth-order valence-corrected chi connectivity index (χ4v) is 11.1. The highest BCUT2D eigenvalue weighted by Crippen LogP contribution is 2.46. The van der Waals surface area contributed by atoms with Crippen molar-refractivity contribution in [3.8, 4) is 11.1 Å². The van der Waals surface area contributed by atoms with E-state index in [9.17, 15) is 0 Å². The number of nitrogens with zero attached hydrogens (tertiary/aromatic N) is 2. The Bertz CT molecular complexity index is 2580. The lowest BCUT2D eigenvalue weighted by atomic mass is 9.95. The predicted molar refractivity (Wildman–Crippen MR) is 197 cm³/mol. The van der Waals surface area contributed by atoms with Gasteiger partial charge in [0.05, 0.1) is 16.6 Å². The fourth-order valence-electron chi connectivity index (χ4n) is 7.00. The molecule has 4 heteroatoms. The first-order valence-corrected chi connectivity index (χ1v) is 18.0. The number of rotatable bonds is 4. The number of benzene rings is 7. The molecule has 0 atom stereocenters. The summed E-state index contributed by atoms with van der Waals surface area (Å²) in [6, 6.07) is 56.3. The Balaban J connectivity index is 1.31. The number of fused-ring (bicyclic) bond motifs is 9. The molecule has 0 N–H and O–H groups in total. The van der Waals surface area contributed by atoms with E-state index in [2.05, 4.69) is 168 Å². The largest absolute Gasteiger partial charge is 0.292 e. The summed E-state index contributed by atoms with van der Waals surface area (Å²) in [5.74, 6) is 0. The quantitative estimate of drug-likeness (QED) is 0.146. The van der Waals surface area contributed by atoms with Crippen molar-refractivity contribution in [3.63, 3.8) is 0 Å². The fraction of sp³-hybridized carbons (Fsp3) is 0. The average molecular weight is 611 g/mol. The number of pyridine rings is 1. The van der Waals surface area contributed by atoms with Crippen molar-refractivity contribution >= 4 is 82.9 Å². The Morgan fingerprint density at radius 1 is 0.467 bits per heavy atom. The molecule has 45 heavy (non-hydrogen) atoms. The molecule has 212 valence electrons. The smallest absolute Gasteiger partial charge is 0.146 e. The van der Waals surface area contributed by atoms with Crippen molar-refractivity contribution in [2.24, 2.45) is 0 Å². The van der Waals surface area contributed by atoms with E-state index >= 15 is 0 Å². The van der Waals surface area contributed by atoms with Crippen LogP contribution < -0.4 is 15.9 Å². The normalized spacial score (nSPS) is 12.1. The van der Waals surface area contributed by atoms with Crippen LogP contribution in [0.5, 0.6) is 0 Å². The average Bonchev–Trinajstić information content (AvgIpc) is 3.51. The number of imidazole rings is 1. The second-order valence-electron chi connectivity index (χ2n) is 11.5. The van der Waals surface area contributed by atoms with E-state index in [0.717, 1.165) is 27.6 Å². The lowest BCUT2D eigenvalue weighted by molar-refractivity contribution is 1.31. The van der Waals surface area contributed by atoms with Gasteiger partial charge in [0.15, 0.2) is 0 Å². The first-order chi connectivity index (χ1) is 22.2. The van der Waals surface area contributed by atoms with Crippen LogP contribution in [0.2, 0.25) is 0 Å². The van der Waals surface area contributed by atoms with Crippen LogP contribution in [0.3, 0.4) is 0 Å². The molecule has 2 aromatic heterocycles. The van der Waals surface area contributed by atoms with Gasteiger partial charge in [0, 0.05) is 22.1 Å². The van der Waals surface area contributed by atoms with Crippen LogP contribution in [0, 0.1) is 0 Å². The van der Waals surface area contributed by atoms with Crippen molar-refractivity contribution < 1.29 is 0 Å². The minimum atomic E-state index is -2.32. The van der Waals surface area contributed by atoms with Gasteiger partial charge in [-0.2, -0.15) is 0 Å². The molecule has 9 rings (SSSR count). The molecule has 0 radical (unpaired) electrons. The molecular weight excluding hydrogens is 584 g/mol. The Kier molecular flexibility index (Phi) is 5.99. The summed E-state index contributed by atoms with van der Waals surface area (Å²) in [5, 5.41) is 9.64. The summed E-state index contributed by atoms with van der Waals surface area (Å²) in [6.07, 6.45) is 0. The van der Waals surface area contributed by atoms with Crippen molar-refractivity contribution in [1.82, 2.24) is 9.38 Å². The summed E-state index contributed by atoms with van der Waals surface area (Å²) in [6.45, 7) is 0. The van der Waals surface area contributed by atoms with Crippen LogP contribution in [0.1, 0.15) is 0 Å². The molecule has 0 fully saturated rings. The molecule has 0 aliphatic rings. The molecule has 0 unspecified atom stereocenters. The maximum absolute atomic E-state index is 6.78. The van der Waals surface area contributed by atoms with Crippen LogP contribution in [0.4, 0.5) is 0 Å². The van der Waals surface area contributed by atoms with Gasteiger partial charge in [0.25, 0.3) is 0 Å². The van der Waals surface area contributed by atoms with Crippen molar-refractivity contribution in [3.05, 3.63) is 164 Å². The second kappa shape index (κ2) is 10.2. The summed E-state index contributed by atoms with van der Waals surface area (Å²) in [7, 11) is 0. The summed E-state index contributed by atoms with van der Waals surface area (Å²) < 4.78 is 2.30. The van der Waals surface area contributed by atoms with Crippen LogP contribution >= 0.6 is 6.04 Å². The zero-order valence-corrected chi connectivity index (χ0v) is 26.0. The third-order valence-electron chi connectivity index (χ3n) is 9.05. The Morgan fingerprint density at radius 3 is 1.87 bits per heavy atom. The van der Waals surface area contributed by atoms with Crippen molar-refractivity contribution in [1.29, 1.82) is 0 Å². The first kappa shape index (κ1) is 26.3. The molecule has 2 heterocycles. The molecule has 0 bridgehead atoms. The minimum absolute atomic E-state index is 0.989. The van der Waals surface area contributed by atoms with Crippen LogP contribution in [0.15, 0.2) is 164 Å². The number of aromatic nitrogens is 2. The predicted octanol–water partition coefficient (Wildman–Crippen LogP) is 9.37. The Labute approximate surface area is 266 Å². The second-order valence-corrected chi connectivity index (χ2v) is 15.9. The highest BCUT2D eigenvalue weighted by atomic mass is 32.4. The van der Waals surface area contributed by atoms with E-state index in [4.69, 9.17) is 16.8 Å². The summed E-state index contributed by atoms with van der Waals surface area (Å²) in [5.41, 5.74) is 6.68. The van der Waals surface area contributed by atoms with Gasteiger partial charge in [-0.25, -0.2) is 4.98 Å². The summed E-state index contributed by atoms with van der Waals surface area (Å²) in [4.78, 5) is 5.10. The van der Waals surface area contributed by atoms with E-state index < -0.39 is 6.04 Å². The maximum Gasteiger partial charge on any atom is 0.146 e. The standard InChI is InChI=1S/C41H27N2PS/c45-44(29-13-3-1-4-14-29,30-15-5-2-6-16-30)40-24-12-19-32-31(18-11-20-34(32)40)28-25-26-35-36(27-28)33-17-7-9-22-38(33)43-39-23-10-8-21-37(39)42-41(35)43/h1-27H. The molecule has 0 aliphatic heterocycles. The first-order valence-electron chi connectivity index (χ1n) is 15.2. The minimum Gasteiger partial charge on any atom is -0.292 e. The number of hydrogen-bond acceptors (Lipinski definition) is 2. The van der Waals surface area contributed by atoms with Crippen LogP contribution in [-0.4, -0.2) is 9.38 Å². The van der Waals surface area contributed by atoms with E-state index in [0.29, 0.717) is 0 Å². The highest BCUT2D eigenvalue weighted by molar-refractivity contribution is 8.25. The molecule has 0 aliphatic carbocycles. The van der Waals surface area contributed by atoms with Gasteiger partial charge in [-0.1, -0.05) is 145 Å². The lowest BCUT2D eigenvalue weighted by Gasteiger charge is -2.26. The lowest BCUT2D eigenvalue weighted by Crippen LogP contribution is -2.25. The zero-order chi connectivity index (χ0) is 30.0. The van der Waals surface area contributed by atoms with Gasteiger partial charge in [-0.05, 0) is 68.2 Å². The molecule has 0 spiro atoms. The van der Waals surface area contributed by atoms with E-state index in [1.165, 1.54) is 48.6 Å². The molecule has 7 aromatic carbocycles. The molecular formula is C41H27N2PS.